The summed E-state index contributed by atoms with van der Waals surface area (Å²) in [5, 5.41) is 31.2. The van der Waals surface area contributed by atoms with Crippen molar-refractivity contribution in [2.75, 3.05) is 12.5 Å². The molecule has 0 aliphatic carbocycles. The molecular weight excluding hydrogens is 344 g/mol. The van der Waals surface area contributed by atoms with Crippen LogP contribution in [0.5, 0.6) is 11.5 Å². The minimum atomic E-state index is -0.657. The van der Waals surface area contributed by atoms with E-state index in [0.29, 0.717) is 5.69 Å². The Kier molecular flexibility index (Phi) is 5.19. The zero-order valence-electron chi connectivity index (χ0n) is 14.6. The second-order valence-electron chi connectivity index (χ2n) is 6.30. The Morgan fingerprint density at radius 2 is 2.12 bits per heavy atom. The minimum absolute atomic E-state index is 0.0543. The summed E-state index contributed by atoms with van der Waals surface area (Å²) in [5.41, 5.74) is 1.75. The van der Waals surface area contributed by atoms with Crippen LogP contribution in [0.4, 0.5) is 11.5 Å². The molecule has 0 unspecified atom stereocenters. The molecular formula is C15H18N6O5. The zero-order chi connectivity index (χ0) is 19.5. The van der Waals surface area contributed by atoms with Gasteiger partial charge < -0.3 is 9.84 Å². The van der Waals surface area contributed by atoms with Crippen LogP contribution < -0.4 is 15.9 Å². The standard InChI is InChI=1S/C15H18N6O5/c1-15(2,3)12-13(17-14(23)20-18-12)19-16-7-8-5-9(21(24)25)6-10(26-4)11(8)22/h5-7,22H,1-4H3,(H2,17,19,20,23)/b16-7+. The number of aromatic nitrogens is 3. The summed E-state index contributed by atoms with van der Waals surface area (Å²) in [4.78, 5) is 25.5. The maximum atomic E-state index is 11.4. The van der Waals surface area contributed by atoms with Crippen LogP contribution in [0, 0.1) is 10.1 Å². The predicted molar refractivity (Wildman–Crippen MR) is 93.9 cm³/mol. The third-order valence-electron chi connectivity index (χ3n) is 3.31. The first-order valence-electron chi connectivity index (χ1n) is 7.45. The SMILES string of the molecule is COc1cc([N+](=O)[O-])cc(/C=N/Nc2nc(=O)[nH]nc2C(C)(C)C)c1O. The molecule has 0 aliphatic rings. The molecule has 138 valence electrons. The van der Waals surface area contributed by atoms with Gasteiger partial charge in [-0.1, -0.05) is 20.8 Å². The highest BCUT2D eigenvalue weighted by Crippen LogP contribution is 2.33. The molecule has 0 fully saturated rings. The Labute approximate surface area is 147 Å². The quantitative estimate of drug-likeness (QED) is 0.411. The van der Waals surface area contributed by atoms with Gasteiger partial charge in [-0.3, -0.25) is 15.5 Å². The van der Waals surface area contributed by atoms with Crippen molar-refractivity contribution in [3.63, 3.8) is 0 Å². The van der Waals surface area contributed by atoms with Gasteiger partial charge in [0.05, 0.1) is 24.3 Å². The van der Waals surface area contributed by atoms with Crippen LogP contribution in [0.2, 0.25) is 0 Å². The van der Waals surface area contributed by atoms with Crippen LogP contribution in [0.1, 0.15) is 32.0 Å². The highest BCUT2D eigenvalue weighted by atomic mass is 16.6. The van der Waals surface area contributed by atoms with Crippen LogP contribution in [-0.4, -0.2) is 38.5 Å². The number of non-ortho nitro benzene ring substituents is 1. The van der Waals surface area contributed by atoms with Crippen LogP contribution in [0.25, 0.3) is 0 Å². The number of nitrogens with zero attached hydrogens (tertiary/aromatic N) is 4. The number of nitrogens with one attached hydrogen (secondary N) is 2. The molecule has 0 bridgehead atoms. The number of aromatic hydroxyl groups is 1. The van der Waals surface area contributed by atoms with Gasteiger partial charge in [-0.05, 0) is 0 Å². The molecule has 11 nitrogen and oxygen atoms in total. The second-order valence-corrected chi connectivity index (χ2v) is 6.30. The monoisotopic (exact) mass is 362 g/mol. The van der Waals surface area contributed by atoms with Gasteiger partial charge in [-0.2, -0.15) is 15.2 Å². The minimum Gasteiger partial charge on any atom is -0.504 e. The Bertz CT molecular complexity index is 916. The number of hydrogen-bond acceptors (Lipinski definition) is 9. The van der Waals surface area contributed by atoms with Gasteiger partial charge in [0, 0.05) is 17.0 Å². The molecule has 1 heterocycles. The number of H-pyrrole nitrogens is 1. The average Bonchev–Trinajstić information content (AvgIpc) is 2.55. The normalized spacial score (nSPS) is 11.5. The van der Waals surface area contributed by atoms with Gasteiger partial charge in [-0.25, -0.2) is 9.89 Å². The Morgan fingerprint density at radius 1 is 1.42 bits per heavy atom. The Hall–Kier alpha value is -3.50. The number of hydrogen-bond donors (Lipinski definition) is 3. The molecule has 1 aromatic heterocycles. The first-order valence-corrected chi connectivity index (χ1v) is 7.45. The molecule has 0 radical (unpaired) electrons. The van der Waals surface area contributed by atoms with E-state index in [4.69, 9.17) is 4.74 Å². The summed E-state index contributed by atoms with van der Waals surface area (Å²) in [7, 11) is 1.28. The largest absolute Gasteiger partial charge is 0.504 e. The van der Waals surface area contributed by atoms with Gasteiger partial charge in [0.25, 0.3) is 5.69 Å². The van der Waals surface area contributed by atoms with Crippen molar-refractivity contribution in [1.29, 1.82) is 0 Å². The number of aromatic amines is 1. The van der Waals surface area contributed by atoms with Crippen molar-refractivity contribution in [2.24, 2.45) is 5.10 Å². The van der Waals surface area contributed by atoms with E-state index >= 15 is 0 Å². The summed E-state index contributed by atoms with van der Waals surface area (Å²) in [6, 6.07) is 2.23. The molecule has 0 atom stereocenters. The zero-order valence-corrected chi connectivity index (χ0v) is 14.6. The lowest BCUT2D eigenvalue weighted by Gasteiger charge is -2.18. The molecule has 0 saturated carbocycles. The summed E-state index contributed by atoms with van der Waals surface area (Å²) < 4.78 is 4.92. The molecule has 11 heteroatoms. The van der Waals surface area contributed by atoms with E-state index in [1.54, 1.807) is 0 Å². The van der Waals surface area contributed by atoms with Crippen LogP contribution >= 0.6 is 0 Å². The van der Waals surface area contributed by atoms with Crippen molar-refractivity contribution in [1.82, 2.24) is 15.2 Å². The molecule has 2 aromatic rings. The first-order chi connectivity index (χ1) is 12.1. The number of nitro benzene ring substituents is 1. The maximum absolute atomic E-state index is 11.4. The van der Waals surface area contributed by atoms with E-state index in [9.17, 15) is 20.0 Å². The first kappa shape index (κ1) is 18.8. The van der Waals surface area contributed by atoms with Crippen LogP contribution in [0.3, 0.4) is 0 Å². The number of benzene rings is 1. The summed E-state index contributed by atoms with van der Waals surface area (Å²) in [6.45, 7) is 5.63. The van der Waals surface area contributed by atoms with Gasteiger partial charge in [0.1, 0.15) is 5.69 Å². The third-order valence-corrected chi connectivity index (χ3v) is 3.31. The molecule has 3 N–H and O–H groups in total. The highest BCUT2D eigenvalue weighted by molar-refractivity contribution is 5.86. The van der Waals surface area contributed by atoms with E-state index in [-0.39, 0.29) is 28.6 Å². The number of methoxy groups -OCH3 is 1. The number of phenolic OH excluding ortho intramolecular Hbond substituents is 1. The van der Waals surface area contributed by atoms with Gasteiger partial charge in [0.2, 0.25) is 0 Å². The molecule has 0 saturated heterocycles. The number of nitro groups is 1. The highest BCUT2D eigenvalue weighted by Gasteiger charge is 2.22. The molecule has 0 spiro atoms. The molecule has 1 aromatic carbocycles. The van der Waals surface area contributed by atoms with Crippen LogP contribution in [-0.2, 0) is 5.41 Å². The maximum Gasteiger partial charge on any atom is 0.363 e. The third kappa shape index (κ3) is 4.12. The van der Waals surface area contributed by atoms with Crippen LogP contribution in [0.15, 0.2) is 22.0 Å². The number of anilines is 1. The van der Waals surface area contributed by atoms with Crippen molar-refractivity contribution >= 4 is 17.7 Å². The number of phenols is 1. The number of ether oxygens (including phenoxy) is 1. The van der Waals surface area contributed by atoms with Crippen molar-refractivity contribution < 1.29 is 14.8 Å². The lowest BCUT2D eigenvalue weighted by atomic mass is 9.92. The molecule has 0 aliphatic heterocycles. The number of rotatable bonds is 5. The number of hydrazone groups is 1. The predicted octanol–water partition coefficient (Wildman–Crippen LogP) is 1.53. The Balaban J connectivity index is 2.38. The summed E-state index contributed by atoms with van der Waals surface area (Å²) >= 11 is 0. The smallest absolute Gasteiger partial charge is 0.363 e. The summed E-state index contributed by atoms with van der Waals surface area (Å²) in [6.07, 6.45) is 1.15. The van der Waals surface area contributed by atoms with Crippen molar-refractivity contribution in [3.8, 4) is 11.5 Å². The van der Waals surface area contributed by atoms with Gasteiger partial charge >= 0.3 is 5.69 Å². The second kappa shape index (κ2) is 7.17. The van der Waals surface area contributed by atoms with Gasteiger partial charge in [-0.15, -0.1) is 0 Å². The molecule has 0 amide bonds. The van der Waals surface area contributed by atoms with E-state index in [1.165, 1.54) is 7.11 Å². The van der Waals surface area contributed by atoms with E-state index in [0.717, 1.165) is 18.3 Å². The fraction of sp³-hybridized carbons (Fsp3) is 0.333. The summed E-state index contributed by atoms with van der Waals surface area (Å²) in [5.74, 6) is -0.238. The van der Waals surface area contributed by atoms with E-state index < -0.39 is 16.0 Å². The average molecular weight is 362 g/mol. The van der Waals surface area contributed by atoms with E-state index in [1.807, 2.05) is 20.8 Å². The lowest BCUT2D eigenvalue weighted by Crippen LogP contribution is -2.24. The lowest BCUT2D eigenvalue weighted by molar-refractivity contribution is -0.385. The van der Waals surface area contributed by atoms with E-state index in [2.05, 4.69) is 25.7 Å². The van der Waals surface area contributed by atoms with Crippen molar-refractivity contribution in [2.45, 2.75) is 26.2 Å². The molecule has 26 heavy (non-hydrogen) atoms. The topological polar surface area (TPSA) is 156 Å². The fourth-order valence-electron chi connectivity index (χ4n) is 2.07. The Morgan fingerprint density at radius 3 is 2.69 bits per heavy atom. The fourth-order valence-corrected chi connectivity index (χ4v) is 2.07. The van der Waals surface area contributed by atoms with Crippen molar-refractivity contribution in [3.05, 3.63) is 44.0 Å². The van der Waals surface area contributed by atoms with Gasteiger partial charge in [0.15, 0.2) is 17.3 Å². The molecule has 2 rings (SSSR count).